The van der Waals surface area contributed by atoms with Gasteiger partial charge in [-0.15, -0.1) is 0 Å². The summed E-state index contributed by atoms with van der Waals surface area (Å²) in [6.45, 7) is 3.00. The molecule has 3 aromatic rings. The van der Waals surface area contributed by atoms with Gasteiger partial charge in [0.25, 0.3) is 0 Å². The number of rotatable bonds is 5. The monoisotopic (exact) mass is 278 g/mol. The Morgan fingerprint density at radius 3 is 2.48 bits per heavy atom. The lowest BCUT2D eigenvalue weighted by Crippen LogP contribution is -2.18. The highest BCUT2D eigenvalue weighted by molar-refractivity contribution is 5.33. The maximum atomic E-state index is 4.23. The highest BCUT2D eigenvalue weighted by Gasteiger charge is 2.04. The fraction of sp³-hybridized carbons (Fsp3) is 0.176. The van der Waals surface area contributed by atoms with Crippen LogP contribution in [0.15, 0.2) is 67.3 Å². The largest absolute Gasteiger partial charge is 0.306 e. The maximum Gasteiger partial charge on any atom is 0.0645 e. The summed E-state index contributed by atoms with van der Waals surface area (Å²) in [5.41, 5.74) is 3.58. The van der Waals surface area contributed by atoms with Crippen molar-refractivity contribution in [1.29, 1.82) is 0 Å². The molecule has 0 fully saturated rings. The number of pyridine rings is 1. The lowest BCUT2D eigenvalue weighted by Gasteiger charge is -2.14. The predicted octanol–water partition coefficient (Wildman–Crippen LogP) is 3.12. The maximum absolute atomic E-state index is 4.23. The van der Waals surface area contributed by atoms with E-state index in [1.807, 2.05) is 41.5 Å². The Balaban J connectivity index is 1.61. The van der Waals surface area contributed by atoms with Gasteiger partial charge in [-0.3, -0.25) is 4.98 Å². The molecule has 0 saturated carbocycles. The number of aromatic nitrogens is 3. The second-order valence-electron chi connectivity index (χ2n) is 5.00. The molecule has 21 heavy (non-hydrogen) atoms. The van der Waals surface area contributed by atoms with Gasteiger partial charge < -0.3 is 5.32 Å². The van der Waals surface area contributed by atoms with E-state index in [1.54, 1.807) is 6.20 Å². The third-order valence-electron chi connectivity index (χ3n) is 3.52. The Hall–Kier alpha value is -2.46. The average Bonchev–Trinajstić information content (AvgIpc) is 3.08. The van der Waals surface area contributed by atoms with E-state index < -0.39 is 0 Å². The van der Waals surface area contributed by atoms with Gasteiger partial charge in [-0.2, -0.15) is 5.10 Å². The van der Waals surface area contributed by atoms with Crippen LogP contribution in [0.5, 0.6) is 0 Å². The van der Waals surface area contributed by atoms with Gasteiger partial charge in [-0.1, -0.05) is 12.1 Å². The second kappa shape index (κ2) is 6.33. The summed E-state index contributed by atoms with van der Waals surface area (Å²) in [7, 11) is 0. The Morgan fingerprint density at radius 2 is 1.81 bits per heavy atom. The first-order valence-corrected chi connectivity index (χ1v) is 7.05. The van der Waals surface area contributed by atoms with Gasteiger partial charge in [-0.05, 0) is 48.4 Å². The van der Waals surface area contributed by atoms with E-state index in [0.717, 1.165) is 12.2 Å². The third-order valence-corrected chi connectivity index (χ3v) is 3.52. The zero-order valence-corrected chi connectivity index (χ0v) is 12.0. The van der Waals surface area contributed by atoms with Crippen LogP contribution in [-0.2, 0) is 6.54 Å². The van der Waals surface area contributed by atoms with E-state index in [2.05, 4.69) is 46.6 Å². The summed E-state index contributed by atoms with van der Waals surface area (Å²) >= 11 is 0. The topological polar surface area (TPSA) is 42.7 Å². The fourth-order valence-electron chi connectivity index (χ4n) is 2.23. The lowest BCUT2D eigenvalue weighted by molar-refractivity contribution is 0.574. The minimum atomic E-state index is 0.304. The van der Waals surface area contributed by atoms with Crippen LogP contribution in [0, 0.1) is 0 Å². The molecule has 0 aliphatic rings. The Labute approximate surface area is 124 Å². The number of hydrogen-bond donors (Lipinski definition) is 1. The van der Waals surface area contributed by atoms with Gasteiger partial charge in [0.1, 0.15) is 0 Å². The van der Waals surface area contributed by atoms with E-state index >= 15 is 0 Å². The molecular weight excluding hydrogens is 260 g/mol. The molecule has 0 amide bonds. The number of nitrogens with one attached hydrogen (secondary N) is 1. The predicted molar refractivity (Wildman–Crippen MR) is 83.1 cm³/mol. The molecule has 3 rings (SSSR count). The van der Waals surface area contributed by atoms with Crippen molar-refractivity contribution >= 4 is 0 Å². The number of hydrogen-bond acceptors (Lipinski definition) is 3. The second-order valence-corrected chi connectivity index (χ2v) is 5.00. The number of nitrogens with zero attached hydrogens (tertiary/aromatic N) is 3. The molecule has 4 nitrogen and oxygen atoms in total. The molecule has 0 aliphatic carbocycles. The van der Waals surface area contributed by atoms with Crippen LogP contribution in [-0.4, -0.2) is 14.8 Å². The first-order valence-electron chi connectivity index (χ1n) is 7.05. The van der Waals surface area contributed by atoms with Crippen LogP contribution in [0.3, 0.4) is 0 Å². The first-order chi connectivity index (χ1) is 10.3. The zero-order valence-electron chi connectivity index (χ0n) is 12.0. The normalized spacial score (nSPS) is 12.2. The van der Waals surface area contributed by atoms with Crippen molar-refractivity contribution in [2.45, 2.75) is 19.5 Å². The van der Waals surface area contributed by atoms with E-state index in [4.69, 9.17) is 0 Å². The Morgan fingerprint density at radius 1 is 1.05 bits per heavy atom. The molecule has 4 heteroatoms. The highest BCUT2D eigenvalue weighted by Crippen LogP contribution is 2.13. The van der Waals surface area contributed by atoms with E-state index in [0.29, 0.717) is 6.04 Å². The molecule has 2 aromatic heterocycles. The average molecular weight is 278 g/mol. The van der Waals surface area contributed by atoms with Gasteiger partial charge >= 0.3 is 0 Å². The molecule has 0 unspecified atom stereocenters. The van der Waals surface area contributed by atoms with Gasteiger partial charge in [-0.25, -0.2) is 4.68 Å². The van der Waals surface area contributed by atoms with Crippen molar-refractivity contribution in [3.8, 4) is 5.69 Å². The zero-order chi connectivity index (χ0) is 14.5. The molecule has 0 radical (unpaired) electrons. The van der Waals surface area contributed by atoms with Crippen molar-refractivity contribution in [3.63, 3.8) is 0 Å². The van der Waals surface area contributed by atoms with Crippen LogP contribution < -0.4 is 5.32 Å². The van der Waals surface area contributed by atoms with Gasteiger partial charge in [0, 0.05) is 37.4 Å². The molecule has 1 N–H and O–H groups in total. The Bertz CT molecular complexity index is 660. The van der Waals surface area contributed by atoms with Gasteiger partial charge in [0.05, 0.1) is 5.69 Å². The molecule has 106 valence electrons. The van der Waals surface area contributed by atoms with E-state index in [-0.39, 0.29) is 0 Å². The van der Waals surface area contributed by atoms with Crippen molar-refractivity contribution in [2.24, 2.45) is 0 Å². The summed E-state index contributed by atoms with van der Waals surface area (Å²) in [6, 6.07) is 14.7. The van der Waals surface area contributed by atoms with Crippen LogP contribution >= 0.6 is 0 Å². The molecule has 0 aliphatic heterocycles. The molecule has 0 spiro atoms. The molecule has 2 heterocycles. The lowest BCUT2D eigenvalue weighted by atomic mass is 10.1. The minimum Gasteiger partial charge on any atom is -0.306 e. The molecule has 1 aromatic carbocycles. The SMILES string of the molecule is C[C@@H](NCc1ccc(-n2cccn2)cc1)c1ccncc1. The molecule has 0 saturated heterocycles. The van der Waals surface area contributed by atoms with Crippen molar-refractivity contribution in [3.05, 3.63) is 78.4 Å². The van der Waals surface area contributed by atoms with Crippen molar-refractivity contribution in [2.75, 3.05) is 0 Å². The first kappa shape index (κ1) is 13.5. The Kier molecular flexibility index (Phi) is 4.07. The highest BCUT2D eigenvalue weighted by atomic mass is 15.3. The summed E-state index contributed by atoms with van der Waals surface area (Å²) in [5, 5.41) is 7.74. The van der Waals surface area contributed by atoms with Gasteiger partial charge in [0.15, 0.2) is 0 Å². The van der Waals surface area contributed by atoms with Crippen LogP contribution in [0.2, 0.25) is 0 Å². The molecular formula is C17H18N4. The molecule has 0 bridgehead atoms. The minimum absolute atomic E-state index is 0.304. The van der Waals surface area contributed by atoms with Crippen molar-refractivity contribution < 1.29 is 0 Å². The van der Waals surface area contributed by atoms with Crippen LogP contribution in [0.25, 0.3) is 5.69 Å². The summed E-state index contributed by atoms with van der Waals surface area (Å²) in [4.78, 5) is 4.04. The fourth-order valence-corrected chi connectivity index (χ4v) is 2.23. The van der Waals surface area contributed by atoms with Crippen molar-refractivity contribution in [1.82, 2.24) is 20.1 Å². The third kappa shape index (κ3) is 3.35. The standard InChI is InChI=1S/C17H18N4/c1-14(16-7-10-18-11-8-16)19-13-15-3-5-17(6-4-15)21-12-2-9-20-21/h2-12,14,19H,13H2,1H3/t14-/m1/s1. The molecule has 1 atom stereocenters. The summed E-state index contributed by atoms with van der Waals surface area (Å²) in [6.07, 6.45) is 7.38. The van der Waals surface area contributed by atoms with E-state index in [9.17, 15) is 0 Å². The smallest absolute Gasteiger partial charge is 0.0645 e. The van der Waals surface area contributed by atoms with Crippen LogP contribution in [0.1, 0.15) is 24.1 Å². The number of benzene rings is 1. The quantitative estimate of drug-likeness (QED) is 0.779. The van der Waals surface area contributed by atoms with Gasteiger partial charge in [0.2, 0.25) is 0 Å². The summed E-state index contributed by atoms with van der Waals surface area (Å²) < 4.78 is 1.86. The van der Waals surface area contributed by atoms with Crippen LogP contribution in [0.4, 0.5) is 0 Å². The summed E-state index contributed by atoms with van der Waals surface area (Å²) in [5.74, 6) is 0. The van der Waals surface area contributed by atoms with E-state index in [1.165, 1.54) is 11.1 Å².